The number of thioether (sulfide) groups is 1. The summed E-state index contributed by atoms with van der Waals surface area (Å²) in [6.07, 6.45) is 0.505. The molecule has 74 valence electrons. The number of anilines is 1. The third-order valence-electron chi connectivity index (χ3n) is 2.10. The van der Waals surface area contributed by atoms with Crippen molar-refractivity contribution in [1.29, 1.82) is 0 Å². The number of rotatable bonds is 2. The van der Waals surface area contributed by atoms with Crippen LogP contribution in [0.2, 0.25) is 0 Å². The van der Waals surface area contributed by atoms with Crippen molar-refractivity contribution in [1.82, 2.24) is 0 Å². The number of hydrogen-bond acceptors (Lipinski definition) is 3. The van der Waals surface area contributed by atoms with E-state index in [1.807, 2.05) is 24.3 Å². The van der Waals surface area contributed by atoms with Crippen LogP contribution in [0.5, 0.6) is 0 Å². The standard InChI is InChI=1S/C10H11NO2S/c12-6-5-9-10(13)11-7-3-1-2-4-8(7)14-9/h1-4,9,12H,5-6H2,(H,11,13)/t9-/m0/s1. The SMILES string of the molecule is O=C1Nc2ccccc2S[C@H]1CCO. The van der Waals surface area contributed by atoms with Gasteiger partial charge in [0.25, 0.3) is 0 Å². The van der Waals surface area contributed by atoms with E-state index < -0.39 is 0 Å². The largest absolute Gasteiger partial charge is 0.396 e. The summed E-state index contributed by atoms with van der Waals surface area (Å²) in [5, 5.41) is 11.5. The smallest absolute Gasteiger partial charge is 0.237 e. The van der Waals surface area contributed by atoms with Crippen LogP contribution in [0, 0.1) is 0 Å². The highest BCUT2D eigenvalue weighted by Crippen LogP contribution is 2.36. The fourth-order valence-electron chi connectivity index (χ4n) is 1.40. The molecule has 0 saturated carbocycles. The number of para-hydroxylation sites is 1. The van der Waals surface area contributed by atoms with E-state index in [9.17, 15) is 4.79 Å². The Morgan fingerprint density at radius 3 is 3.00 bits per heavy atom. The zero-order valence-electron chi connectivity index (χ0n) is 7.56. The molecule has 1 aliphatic rings. The Kier molecular flexibility index (Phi) is 2.74. The van der Waals surface area contributed by atoms with Crippen LogP contribution in [0.1, 0.15) is 6.42 Å². The van der Waals surface area contributed by atoms with E-state index in [1.165, 1.54) is 11.8 Å². The third-order valence-corrected chi connectivity index (χ3v) is 3.44. The molecule has 1 amide bonds. The summed E-state index contributed by atoms with van der Waals surface area (Å²) in [5.41, 5.74) is 0.872. The Morgan fingerprint density at radius 1 is 1.43 bits per heavy atom. The second kappa shape index (κ2) is 4.02. The molecule has 0 saturated heterocycles. The number of carbonyl (C=O) groups is 1. The molecule has 0 radical (unpaired) electrons. The van der Waals surface area contributed by atoms with E-state index in [1.54, 1.807) is 0 Å². The highest BCUT2D eigenvalue weighted by atomic mass is 32.2. The van der Waals surface area contributed by atoms with Gasteiger partial charge in [0.1, 0.15) is 0 Å². The third kappa shape index (κ3) is 1.76. The number of aliphatic hydroxyl groups excluding tert-OH is 1. The molecule has 0 unspecified atom stereocenters. The Hall–Kier alpha value is -1.00. The molecular weight excluding hydrogens is 198 g/mol. The summed E-state index contributed by atoms with van der Waals surface area (Å²) in [6, 6.07) is 7.70. The van der Waals surface area contributed by atoms with Crippen LogP contribution in [0.4, 0.5) is 5.69 Å². The molecule has 0 spiro atoms. The fraction of sp³-hybridized carbons (Fsp3) is 0.300. The second-order valence-corrected chi connectivity index (χ2v) is 4.35. The summed E-state index contributed by atoms with van der Waals surface area (Å²) in [5.74, 6) is -0.0113. The zero-order chi connectivity index (χ0) is 9.97. The number of carbonyl (C=O) groups excluding carboxylic acids is 1. The van der Waals surface area contributed by atoms with Crippen molar-refractivity contribution < 1.29 is 9.90 Å². The molecule has 1 atom stereocenters. The molecule has 3 nitrogen and oxygen atoms in total. The lowest BCUT2D eigenvalue weighted by Crippen LogP contribution is -2.29. The Bertz CT molecular complexity index is 354. The maximum absolute atomic E-state index is 11.5. The van der Waals surface area contributed by atoms with Gasteiger partial charge in [-0.1, -0.05) is 12.1 Å². The quantitative estimate of drug-likeness (QED) is 0.775. The van der Waals surface area contributed by atoms with Crippen molar-refractivity contribution in [2.24, 2.45) is 0 Å². The Labute approximate surface area is 86.5 Å². The van der Waals surface area contributed by atoms with Crippen LogP contribution < -0.4 is 5.32 Å². The molecule has 2 N–H and O–H groups in total. The first-order chi connectivity index (χ1) is 6.81. The molecule has 1 aliphatic heterocycles. The molecule has 2 rings (SSSR count). The van der Waals surface area contributed by atoms with Crippen LogP contribution in [0.25, 0.3) is 0 Å². The van der Waals surface area contributed by atoms with Gasteiger partial charge in [-0.2, -0.15) is 0 Å². The zero-order valence-corrected chi connectivity index (χ0v) is 8.38. The van der Waals surface area contributed by atoms with Crippen LogP contribution in [-0.2, 0) is 4.79 Å². The van der Waals surface area contributed by atoms with E-state index >= 15 is 0 Å². The molecule has 0 aromatic heterocycles. The van der Waals surface area contributed by atoms with E-state index in [-0.39, 0.29) is 17.8 Å². The minimum Gasteiger partial charge on any atom is -0.396 e. The second-order valence-electron chi connectivity index (χ2n) is 3.10. The predicted molar refractivity (Wildman–Crippen MR) is 56.4 cm³/mol. The first-order valence-corrected chi connectivity index (χ1v) is 5.36. The number of fused-ring (bicyclic) bond motifs is 1. The van der Waals surface area contributed by atoms with Crippen molar-refractivity contribution in [3.63, 3.8) is 0 Å². The molecule has 14 heavy (non-hydrogen) atoms. The van der Waals surface area contributed by atoms with Crippen molar-refractivity contribution in [3.05, 3.63) is 24.3 Å². The predicted octanol–water partition coefficient (Wildman–Crippen LogP) is 1.48. The van der Waals surface area contributed by atoms with Crippen LogP contribution in [-0.4, -0.2) is 22.9 Å². The van der Waals surface area contributed by atoms with Gasteiger partial charge in [0, 0.05) is 11.5 Å². The van der Waals surface area contributed by atoms with Gasteiger partial charge in [0.15, 0.2) is 0 Å². The van der Waals surface area contributed by atoms with E-state index in [0.29, 0.717) is 6.42 Å². The van der Waals surface area contributed by atoms with Crippen molar-refractivity contribution in [2.75, 3.05) is 11.9 Å². The maximum atomic E-state index is 11.5. The van der Waals surface area contributed by atoms with Gasteiger partial charge >= 0.3 is 0 Å². The summed E-state index contributed by atoms with van der Waals surface area (Å²) in [6.45, 7) is 0.0489. The van der Waals surface area contributed by atoms with Crippen molar-refractivity contribution in [3.8, 4) is 0 Å². The van der Waals surface area contributed by atoms with Crippen LogP contribution >= 0.6 is 11.8 Å². The summed E-state index contributed by atoms with van der Waals surface area (Å²) in [4.78, 5) is 12.6. The van der Waals surface area contributed by atoms with Gasteiger partial charge in [-0.15, -0.1) is 11.8 Å². The molecule has 0 aliphatic carbocycles. The number of nitrogens with one attached hydrogen (secondary N) is 1. The number of hydrogen-bond donors (Lipinski definition) is 2. The Balaban J connectivity index is 2.22. The van der Waals surface area contributed by atoms with Gasteiger partial charge < -0.3 is 10.4 Å². The Morgan fingerprint density at radius 2 is 2.21 bits per heavy atom. The van der Waals surface area contributed by atoms with Gasteiger partial charge in [-0.05, 0) is 18.6 Å². The molecule has 1 heterocycles. The van der Waals surface area contributed by atoms with Crippen LogP contribution in [0.15, 0.2) is 29.2 Å². The number of amides is 1. The first-order valence-electron chi connectivity index (χ1n) is 4.48. The highest BCUT2D eigenvalue weighted by Gasteiger charge is 2.25. The topological polar surface area (TPSA) is 49.3 Å². The van der Waals surface area contributed by atoms with E-state index in [2.05, 4.69) is 5.32 Å². The van der Waals surface area contributed by atoms with Gasteiger partial charge in [0.2, 0.25) is 5.91 Å². The van der Waals surface area contributed by atoms with Gasteiger partial charge in [-0.3, -0.25) is 4.79 Å². The van der Waals surface area contributed by atoms with E-state index in [4.69, 9.17) is 5.11 Å². The average molecular weight is 209 g/mol. The summed E-state index contributed by atoms with van der Waals surface area (Å²) >= 11 is 1.52. The van der Waals surface area contributed by atoms with Gasteiger partial charge in [-0.25, -0.2) is 0 Å². The molecule has 4 heteroatoms. The summed E-state index contributed by atoms with van der Waals surface area (Å²) in [7, 11) is 0. The molecule has 0 fully saturated rings. The average Bonchev–Trinajstić information content (AvgIpc) is 2.19. The maximum Gasteiger partial charge on any atom is 0.237 e. The molecule has 1 aromatic carbocycles. The number of benzene rings is 1. The molecule has 0 bridgehead atoms. The highest BCUT2D eigenvalue weighted by molar-refractivity contribution is 8.01. The lowest BCUT2D eigenvalue weighted by atomic mass is 10.2. The summed E-state index contributed by atoms with van der Waals surface area (Å²) < 4.78 is 0. The minimum absolute atomic E-state index is 0.0113. The lowest BCUT2D eigenvalue weighted by molar-refractivity contribution is -0.116. The first kappa shape index (κ1) is 9.55. The molecular formula is C10H11NO2S. The van der Waals surface area contributed by atoms with E-state index in [0.717, 1.165) is 10.6 Å². The van der Waals surface area contributed by atoms with Crippen molar-refractivity contribution in [2.45, 2.75) is 16.6 Å². The fourth-order valence-corrected chi connectivity index (χ4v) is 2.50. The lowest BCUT2D eigenvalue weighted by Gasteiger charge is -2.23. The van der Waals surface area contributed by atoms with Gasteiger partial charge in [0.05, 0.1) is 10.9 Å². The van der Waals surface area contributed by atoms with Crippen LogP contribution in [0.3, 0.4) is 0 Å². The normalized spacial score (nSPS) is 20.1. The van der Waals surface area contributed by atoms with Crippen molar-refractivity contribution >= 4 is 23.4 Å². The monoisotopic (exact) mass is 209 g/mol. The number of aliphatic hydroxyl groups is 1. The minimum atomic E-state index is -0.158. The molecule has 1 aromatic rings.